The number of benzene rings is 4. The Labute approximate surface area is 142 Å². The van der Waals surface area contributed by atoms with Crippen LogP contribution in [0.3, 0.4) is 0 Å². The fourth-order valence-corrected chi connectivity index (χ4v) is 3.11. The van der Waals surface area contributed by atoms with E-state index in [1.807, 2.05) is 6.07 Å². The molecule has 4 rings (SSSR count). The van der Waals surface area contributed by atoms with E-state index in [1.165, 1.54) is 32.7 Å². The molecule has 0 aliphatic carbocycles. The van der Waals surface area contributed by atoms with Gasteiger partial charge in [0.2, 0.25) is 0 Å². The first kappa shape index (κ1) is 14.5. The van der Waals surface area contributed by atoms with Gasteiger partial charge in [-0.15, -0.1) is 0 Å². The smallest absolute Gasteiger partial charge is 0.00994 e. The summed E-state index contributed by atoms with van der Waals surface area (Å²) >= 11 is 0. The molecule has 24 heavy (non-hydrogen) atoms. The predicted octanol–water partition coefficient (Wildman–Crippen LogP) is 6.72. The number of allylic oxidation sites excluding steroid dienone is 2. The molecule has 0 heteroatoms. The second-order valence-electron chi connectivity index (χ2n) is 5.86. The Morgan fingerprint density at radius 1 is 0.500 bits per heavy atom. The lowest BCUT2D eigenvalue weighted by Crippen LogP contribution is -1.82. The van der Waals surface area contributed by atoms with Crippen LogP contribution in [-0.2, 0) is 0 Å². The van der Waals surface area contributed by atoms with Gasteiger partial charge in [0.15, 0.2) is 0 Å². The van der Waals surface area contributed by atoms with E-state index < -0.39 is 0 Å². The molecule has 0 saturated carbocycles. The Hall–Kier alpha value is -3.12. The third kappa shape index (κ3) is 2.87. The zero-order valence-electron chi connectivity index (χ0n) is 13.4. The van der Waals surface area contributed by atoms with E-state index in [1.54, 1.807) is 0 Å². The topological polar surface area (TPSA) is 0 Å². The highest BCUT2D eigenvalue weighted by Crippen LogP contribution is 2.29. The average Bonchev–Trinajstić information content (AvgIpc) is 2.65. The van der Waals surface area contributed by atoms with Crippen molar-refractivity contribution in [2.24, 2.45) is 0 Å². The molecule has 0 nitrogen and oxygen atoms in total. The lowest BCUT2D eigenvalue weighted by molar-refractivity contribution is 1.66. The highest BCUT2D eigenvalue weighted by atomic mass is 14.1. The molecule has 114 valence electrons. The molecule has 0 bridgehead atoms. The standard InChI is InChI=1S/C24H18/c1-2-10-19(11-3-1)12-4-7-17-24-22-15-8-5-13-20(22)18-21-14-6-9-16-23(21)24/h1-18H/b12-4-,17-7+. The molecule has 0 unspecified atom stereocenters. The van der Waals surface area contributed by atoms with E-state index >= 15 is 0 Å². The van der Waals surface area contributed by atoms with Gasteiger partial charge in [-0.3, -0.25) is 0 Å². The Morgan fingerprint density at radius 3 is 1.71 bits per heavy atom. The summed E-state index contributed by atoms with van der Waals surface area (Å²) in [6.07, 6.45) is 8.57. The number of rotatable bonds is 3. The van der Waals surface area contributed by atoms with Crippen LogP contribution in [0, 0.1) is 0 Å². The van der Waals surface area contributed by atoms with Crippen molar-refractivity contribution >= 4 is 33.7 Å². The largest absolute Gasteiger partial charge is 0.0622 e. The summed E-state index contributed by atoms with van der Waals surface area (Å²) in [5.74, 6) is 0. The monoisotopic (exact) mass is 306 g/mol. The van der Waals surface area contributed by atoms with E-state index in [9.17, 15) is 0 Å². The van der Waals surface area contributed by atoms with Gasteiger partial charge in [0.25, 0.3) is 0 Å². The Kier molecular flexibility index (Phi) is 3.95. The number of fused-ring (bicyclic) bond motifs is 2. The van der Waals surface area contributed by atoms with Crippen LogP contribution in [0.4, 0.5) is 0 Å². The normalized spacial score (nSPS) is 11.8. The molecule has 0 spiro atoms. The first-order valence-corrected chi connectivity index (χ1v) is 8.22. The SMILES string of the molecule is C(=C/c1ccccc1)/C=C/c1c2ccccc2cc2ccccc12. The summed E-state index contributed by atoms with van der Waals surface area (Å²) in [6, 6.07) is 29.8. The molecule has 0 N–H and O–H groups in total. The molecule has 0 heterocycles. The maximum Gasteiger partial charge on any atom is -0.00994 e. The molecule has 0 amide bonds. The van der Waals surface area contributed by atoms with Crippen molar-refractivity contribution in [3.05, 3.63) is 108 Å². The van der Waals surface area contributed by atoms with Crippen molar-refractivity contribution in [1.82, 2.24) is 0 Å². The molecule has 0 atom stereocenters. The summed E-state index contributed by atoms with van der Waals surface area (Å²) in [5.41, 5.74) is 2.49. The van der Waals surface area contributed by atoms with E-state index in [2.05, 4.69) is 103 Å². The van der Waals surface area contributed by atoms with Crippen molar-refractivity contribution in [2.75, 3.05) is 0 Å². The van der Waals surface area contributed by atoms with Crippen LogP contribution in [0.25, 0.3) is 33.7 Å². The third-order valence-electron chi connectivity index (χ3n) is 4.28. The molecule has 0 radical (unpaired) electrons. The van der Waals surface area contributed by atoms with Gasteiger partial charge in [-0.25, -0.2) is 0 Å². The van der Waals surface area contributed by atoms with E-state index in [0.29, 0.717) is 0 Å². The van der Waals surface area contributed by atoms with Crippen LogP contribution in [0.1, 0.15) is 11.1 Å². The van der Waals surface area contributed by atoms with Gasteiger partial charge in [-0.1, -0.05) is 103 Å². The molecule has 4 aromatic rings. The quantitative estimate of drug-likeness (QED) is 0.291. The van der Waals surface area contributed by atoms with Crippen molar-refractivity contribution in [3.63, 3.8) is 0 Å². The molecular formula is C24H18. The second-order valence-corrected chi connectivity index (χ2v) is 5.86. The van der Waals surface area contributed by atoms with Gasteiger partial charge in [0.1, 0.15) is 0 Å². The summed E-state index contributed by atoms with van der Waals surface area (Å²) in [4.78, 5) is 0. The van der Waals surface area contributed by atoms with Crippen LogP contribution in [0.5, 0.6) is 0 Å². The van der Waals surface area contributed by atoms with Crippen LogP contribution < -0.4 is 0 Å². The van der Waals surface area contributed by atoms with Crippen LogP contribution in [0.15, 0.2) is 97.1 Å². The fraction of sp³-hybridized carbons (Fsp3) is 0. The first-order valence-electron chi connectivity index (χ1n) is 8.22. The summed E-state index contributed by atoms with van der Waals surface area (Å²) in [5, 5.41) is 5.15. The highest BCUT2D eigenvalue weighted by molar-refractivity contribution is 6.06. The lowest BCUT2D eigenvalue weighted by atomic mass is 9.96. The van der Waals surface area contributed by atoms with Crippen molar-refractivity contribution in [1.29, 1.82) is 0 Å². The van der Waals surface area contributed by atoms with Gasteiger partial charge < -0.3 is 0 Å². The van der Waals surface area contributed by atoms with Crippen LogP contribution in [-0.4, -0.2) is 0 Å². The number of hydrogen-bond donors (Lipinski definition) is 0. The maximum absolute atomic E-state index is 2.27. The zero-order chi connectivity index (χ0) is 16.2. The minimum absolute atomic E-state index is 1.21. The molecule has 0 aromatic heterocycles. The van der Waals surface area contributed by atoms with Crippen molar-refractivity contribution in [3.8, 4) is 0 Å². The Balaban J connectivity index is 1.79. The lowest BCUT2D eigenvalue weighted by Gasteiger charge is -2.08. The van der Waals surface area contributed by atoms with Crippen LogP contribution in [0.2, 0.25) is 0 Å². The zero-order valence-corrected chi connectivity index (χ0v) is 13.4. The van der Waals surface area contributed by atoms with E-state index in [0.717, 1.165) is 0 Å². The van der Waals surface area contributed by atoms with Gasteiger partial charge in [0, 0.05) is 0 Å². The summed E-state index contributed by atoms with van der Waals surface area (Å²) < 4.78 is 0. The Morgan fingerprint density at radius 2 is 1.04 bits per heavy atom. The van der Waals surface area contributed by atoms with Crippen molar-refractivity contribution in [2.45, 2.75) is 0 Å². The molecule has 0 fully saturated rings. The van der Waals surface area contributed by atoms with Gasteiger partial charge >= 0.3 is 0 Å². The molecule has 4 aromatic carbocycles. The third-order valence-corrected chi connectivity index (χ3v) is 4.28. The first-order chi connectivity index (χ1) is 11.9. The summed E-state index contributed by atoms with van der Waals surface area (Å²) in [6.45, 7) is 0. The molecular weight excluding hydrogens is 288 g/mol. The van der Waals surface area contributed by atoms with Gasteiger partial charge in [-0.2, -0.15) is 0 Å². The highest BCUT2D eigenvalue weighted by Gasteiger charge is 2.03. The number of hydrogen-bond acceptors (Lipinski definition) is 0. The Bertz CT molecular complexity index is 983. The molecule has 0 aliphatic rings. The average molecular weight is 306 g/mol. The second kappa shape index (κ2) is 6.55. The maximum atomic E-state index is 2.27. The van der Waals surface area contributed by atoms with Gasteiger partial charge in [-0.05, 0) is 38.7 Å². The van der Waals surface area contributed by atoms with E-state index in [-0.39, 0.29) is 0 Å². The molecule has 0 saturated heterocycles. The molecule has 0 aliphatic heterocycles. The fourth-order valence-electron chi connectivity index (χ4n) is 3.11. The van der Waals surface area contributed by atoms with Crippen LogP contribution >= 0.6 is 0 Å². The van der Waals surface area contributed by atoms with E-state index in [4.69, 9.17) is 0 Å². The minimum atomic E-state index is 1.21. The predicted molar refractivity (Wildman–Crippen MR) is 106 cm³/mol. The van der Waals surface area contributed by atoms with Gasteiger partial charge in [0.05, 0.1) is 0 Å². The van der Waals surface area contributed by atoms with Crippen molar-refractivity contribution < 1.29 is 0 Å². The summed E-state index contributed by atoms with van der Waals surface area (Å²) in [7, 11) is 0. The minimum Gasteiger partial charge on any atom is -0.0622 e.